The SMILES string of the molecule is COC(=O)CCCN(C)c1ncc(Br)cc1C. The lowest BCUT2D eigenvalue weighted by molar-refractivity contribution is -0.140. The van der Waals surface area contributed by atoms with Gasteiger partial charge in [0, 0.05) is 30.7 Å². The normalized spacial score (nSPS) is 10.1. The summed E-state index contributed by atoms with van der Waals surface area (Å²) in [7, 11) is 3.38. The van der Waals surface area contributed by atoms with E-state index in [0.29, 0.717) is 6.42 Å². The number of rotatable bonds is 5. The summed E-state index contributed by atoms with van der Waals surface area (Å²) >= 11 is 3.38. The molecule has 0 saturated heterocycles. The Morgan fingerprint density at radius 3 is 2.88 bits per heavy atom. The molecule has 0 atom stereocenters. The second-order valence-corrected chi connectivity index (χ2v) is 4.81. The molecule has 0 bridgehead atoms. The van der Waals surface area contributed by atoms with Gasteiger partial charge in [-0.25, -0.2) is 4.98 Å². The van der Waals surface area contributed by atoms with Gasteiger partial charge in [0.1, 0.15) is 5.82 Å². The van der Waals surface area contributed by atoms with E-state index < -0.39 is 0 Å². The third kappa shape index (κ3) is 4.34. The molecule has 4 nitrogen and oxygen atoms in total. The maximum Gasteiger partial charge on any atom is 0.305 e. The highest BCUT2D eigenvalue weighted by Gasteiger charge is 2.07. The van der Waals surface area contributed by atoms with Crippen molar-refractivity contribution in [3.8, 4) is 0 Å². The second-order valence-electron chi connectivity index (χ2n) is 3.90. The molecule has 0 fully saturated rings. The molecule has 0 aliphatic heterocycles. The summed E-state index contributed by atoms with van der Waals surface area (Å²) < 4.78 is 5.57. The van der Waals surface area contributed by atoms with E-state index in [1.54, 1.807) is 6.20 Å². The van der Waals surface area contributed by atoms with Crippen LogP contribution in [0.25, 0.3) is 0 Å². The summed E-state index contributed by atoms with van der Waals surface area (Å²) in [6.07, 6.45) is 2.98. The van der Waals surface area contributed by atoms with Gasteiger partial charge in [-0.05, 0) is 40.9 Å². The molecule has 0 spiro atoms. The van der Waals surface area contributed by atoms with E-state index in [9.17, 15) is 4.79 Å². The fraction of sp³-hybridized carbons (Fsp3) is 0.500. The van der Waals surface area contributed by atoms with Crippen molar-refractivity contribution >= 4 is 27.7 Å². The minimum atomic E-state index is -0.168. The Balaban J connectivity index is 2.52. The van der Waals surface area contributed by atoms with Crippen molar-refractivity contribution in [3.63, 3.8) is 0 Å². The molecular formula is C12H17BrN2O2. The highest BCUT2D eigenvalue weighted by atomic mass is 79.9. The van der Waals surface area contributed by atoms with Crippen molar-refractivity contribution in [2.45, 2.75) is 19.8 Å². The second kappa shape index (κ2) is 6.59. The zero-order valence-electron chi connectivity index (χ0n) is 10.4. The van der Waals surface area contributed by atoms with Gasteiger partial charge in [0.15, 0.2) is 0 Å². The van der Waals surface area contributed by atoms with Gasteiger partial charge in [0.05, 0.1) is 7.11 Å². The van der Waals surface area contributed by atoms with Gasteiger partial charge in [-0.15, -0.1) is 0 Å². The van der Waals surface area contributed by atoms with Crippen molar-refractivity contribution < 1.29 is 9.53 Å². The molecule has 17 heavy (non-hydrogen) atoms. The van der Waals surface area contributed by atoms with Gasteiger partial charge in [-0.1, -0.05) is 0 Å². The molecule has 1 heterocycles. The number of nitrogens with zero attached hydrogens (tertiary/aromatic N) is 2. The van der Waals surface area contributed by atoms with Gasteiger partial charge in [-0.2, -0.15) is 0 Å². The minimum Gasteiger partial charge on any atom is -0.469 e. The van der Waals surface area contributed by atoms with E-state index in [0.717, 1.165) is 28.8 Å². The number of esters is 1. The number of ether oxygens (including phenoxy) is 1. The highest BCUT2D eigenvalue weighted by molar-refractivity contribution is 9.10. The van der Waals surface area contributed by atoms with Crippen LogP contribution in [0.3, 0.4) is 0 Å². The Morgan fingerprint density at radius 1 is 1.59 bits per heavy atom. The molecule has 0 radical (unpaired) electrons. The van der Waals surface area contributed by atoms with E-state index in [1.807, 2.05) is 24.9 Å². The van der Waals surface area contributed by atoms with E-state index in [1.165, 1.54) is 7.11 Å². The van der Waals surface area contributed by atoms with Crippen LogP contribution in [0.5, 0.6) is 0 Å². The number of methoxy groups -OCH3 is 1. The molecule has 1 aromatic rings. The number of hydrogen-bond acceptors (Lipinski definition) is 4. The van der Waals surface area contributed by atoms with Crippen molar-refractivity contribution in [1.29, 1.82) is 0 Å². The largest absolute Gasteiger partial charge is 0.469 e. The molecule has 0 saturated carbocycles. The first-order chi connectivity index (χ1) is 8.04. The van der Waals surface area contributed by atoms with Crippen LogP contribution >= 0.6 is 15.9 Å². The lowest BCUT2D eigenvalue weighted by atomic mass is 10.2. The van der Waals surface area contributed by atoms with Crippen LogP contribution in [0.2, 0.25) is 0 Å². The standard InChI is InChI=1S/C12H17BrN2O2/c1-9-7-10(13)8-14-12(9)15(2)6-4-5-11(16)17-3/h7-8H,4-6H2,1-3H3. The fourth-order valence-corrected chi connectivity index (χ4v) is 2.05. The highest BCUT2D eigenvalue weighted by Crippen LogP contribution is 2.19. The average Bonchev–Trinajstić information content (AvgIpc) is 2.28. The maximum absolute atomic E-state index is 11.0. The zero-order chi connectivity index (χ0) is 12.8. The maximum atomic E-state index is 11.0. The third-order valence-corrected chi connectivity index (χ3v) is 2.91. The Kier molecular flexibility index (Phi) is 5.41. The Labute approximate surface area is 110 Å². The smallest absolute Gasteiger partial charge is 0.305 e. The minimum absolute atomic E-state index is 0.168. The molecule has 0 N–H and O–H groups in total. The van der Waals surface area contributed by atoms with Gasteiger partial charge < -0.3 is 9.64 Å². The van der Waals surface area contributed by atoms with Crippen LogP contribution in [0.1, 0.15) is 18.4 Å². The topological polar surface area (TPSA) is 42.4 Å². The van der Waals surface area contributed by atoms with Crippen LogP contribution in [0.4, 0.5) is 5.82 Å². The zero-order valence-corrected chi connectivity index (χ0v) is 12.0. The summed E-state index contributed by atoms with van der Waals surface area (Å²) in [5.41, 5.74) is 1.11. The van der Waals surface area contributed by atoms with Crippen molar-refractivity contribution in [2.75, 3.05) is 25.6 Å². The van der Waals surface area contributed by atoms with Gasteiger partial charge >= 0.3 is 5.97 Å². The first-order valence-corrected chi connectivity index (χ1v) is 6.24. The number of aryl methyl sites for hydroxylation is 1. The number of carbonyl (C=O) groups is 1. The Morgan fingerprint density at radius 2 is 2.29 bits per heavy atom. The van der Waals surface area contributed by atoms with Crippen molar-refractivity contribution in [1.82, 2.24) is 4.98 Å². The molecule has 0 amide bonds. The van der Waals surface area contributed by atoms with Gasteiger partial charge in [0.25, 0.3) is 0 Å². The lowest BCUT2D eigenvalue weighted by Gasteiger charge is -2.19. The van der Waals surface area contributed by atoms with E-state index >= 15 is 0 Å². The number of pyridine rings is 1. The monoisotopic (exact) mass is 300 g/mol. The van der Waals surface area contributed by atoms with Crippen LogP contribution in [-0.2, 0) is 9.53 Å². The molecular weight excluding hydrogens is 284 g/mol. The summed E-state index contributed by atoms with van der Waals surface area (Å²) in [6.45, 7) is 2.80. The van der Waals surface area contributed by atoms with Gasteiger partial charge in [0.2, 0.25) is 0 Å². The number of carbonyl (C=O) groups excluding carboxylic acids is 1. The molecule has 1 aromatic heterocycles. The van der Waals surface area contributed by atoms with Crippen LogP contribution < -0.4 is 4.90 Å². The van der Waals surface area contributed by atoms with Crippen molar-refractivity contribution in [2.24, 2.45) is 0 Å². The summed E-state index contributed by atoms with van der Waals surface area (Å²) in [6, 6.07) is 2.03. The van der Waals surface area contributed by atoms with Crippen LogP contribution in [0.15, 0.2) is 16.7 Å². The molecule has 5 heteroatoms. The molecule has 0 aromatic carbocycles. The molecule has 94 valence electrons. The van der Waals surface area contributed by atoms with Crippen molar-refractivity contribution in [3.05, 3.63) is 22.3 Å². The fourth-order valence-electron chi connectivity index (χ4n) is 1.60. The molecule has 0 aliphatic carbocycles. The molecule has 1 rings (SSSR count). The molecule has 0 unspecified atom stereocenters. The number of hydrogen-bond donors (Lipinski definition) is 0. The van der Waals surface area contributed by atoms with Crippen LogP contribution in [0, 0.1) is 6.92 Å². The first kappa shape index (κ1) is 14.0. The van der Waals surface area contributed by atoms with E-state index in [4.69, 9.17) is 0 Å². The Hall–Kier alpha value is -1.10. The van der Waals surface area contributed by atoms with Crippen LogP contribution in [-0.4, -0.2) is 31.7 Å². The lowest BCUT2D eigenvalue weighted by Crippen LogP contribution is -2.21. The van der Waals surface area contributed by atoms with E-state index in [-0.39, 0.29) is 5.97 Å². The third-order valence-electron chi connectivity index (χ3n) is 2.48. The average molecular weight is 301 g/mol. The Bertz CT molecular complexity index is 396. The number of halogens is 1. The van der Waals surface area contributed by atoms with E-state index in [2.05, 4.69) is 25.7 Å². The predicted molar refractivity (Wildman–Crippen MR) is 71.2 cm³/mol. The summed E-state index contributed by atoms with van der Waals surface area (Å²) in [5, 5.41) is 0. The van der Waals surface area contributed by atoms with Gasteiger partial charge in [-0.3, -0.25) is 4.79 Å². The summed E-state index contributed by atoms with van der Waals surface area (Å²) in [4.78, 5) is 17.4. The quantitative estimate of drug-likeness (QED) is 0.784. The number of aromatic nitrogens is 1. The first-order valence-electron chi connectivity index (χ1n) is 5.44. The molecule has 0 aliphatic rings. The summed E-state index contributed by atoms with van der Waals surface area (Å²) in [5.74, 6) is 0.775. The number of anilines is 1. The predicted octanol–water partition coefficient (Wildman–Crippen LogP) is 2.54.